The maximum Gasteiger partial charge on any atom is 0.335 e. The molecule has 4 rings (SSSR count). The third-order valence-corrected chi connectivity index (χ3v) is 5.50. The van der Waals surface area contributed by atoms with Crippen LogP contribution in [0.25, 0.3) is 17.4 Å². The fourth-order valence-electron chi connectivity index (χ4n) is 3.33. The molecule has 3 aromatic rings. The summed E-state index contributed by atoms with van der Waals surface area (Å²) in [6, 6.07) is 10.8. The normalized spacial score (nSPS) is 15.0. The number of barbiturate groups is 1. The summed E-state index contributed by atoms with van der Waals surface area (Å²) in [5.41, 5.74) is 0.912. The van der Waals surface area contributed by atoms with E-state index in [2.05, 4.69) is 5.32 Å². The molecule has 11 heteroatoms. The van der Waals surface area contributed by atoms with Crippen molar-refractivity contribution in [3.8, 4) is 17.1 Å². The summed E-state index contributed by atoms with van der Waals surface area (Å²) in [6.45, 7) is 1.77. The number of methoxy groups -OCH3 is 1. The summed E-state index contributed by atoms with van der Waals surface area (Å²) < 4.78 is 11.0. The van der Waals surface area contributed by atoms with E-state index in [9.17, 15) is 24.5 Å². The molecule has 172 valence electrons. The molecule has 4 amide bonds. The first kappa shape index (κ1) is 22.7. The van der Waals surface area contributed by atoms with Gasteiger partial charge in [0.05, 0.1) is 29.4 Å². The van der Waals surface area contributed by atoms with Crippen LogP contribution in [-0.2, 0) is 9.59 Å². The Bertz CT molecular complexity index is 1390. The number of nitro groups is 1. The van der Waals surface area contributed by atoms with Crippen molar-refractivity contribution < 1.29 is 28.5 Å². The maximum atomic E-state index is 13.0. The van der Waals surface area contributed by atoms with Gasteiger partial charge in [0.2, 0.25) is 0 Å². The van der Waals surface area contributed by atoms with Crippen LogP contribution in [-0.4, -0.2) is 29.9 Å². The molecule has 34 heavy (non-hydrogen) atoms. The monoisotopic (exact) mass is 481 g/mol. The van der Waals surface area contributed by atoms with Crippen molar-refractivity contribution in [2.45, 2.75) is 6.92 Å². The first-order chi connectivity index (χ1) is 16.2. The van der Waals surface area contributed by atoms with E-state index in [0.29, 0.717) is 16.3 Å². The highest BCUT2D eigenvalue weighted by atomic mass is 35.5. The number of non-ortho nitro benzene ring substituents is 1. The number of amides is 4. The highest BCUT2D eigenvalue weighted by Crippen LogP contribution is 2.35. The molecular weight excluding hydrogens is 466 g/mol. The second-order valence-corrected chi connectivity index (χ2v) is 7.64. The molecular formula is C23H16ClN3O7. The summed E-state index contributed by atoms with van der Waals surface area (Å²) in [6.07, 6.45) is 1.20. The van der Waals surface area contributed by atoms with Gasteiger partial charge >= 0.3 is 6.03 Å². The second-order valence-electron chi connectivity index (χ2n) is 7.24. The third kappa shape index (κ3) is 4.14. The molecule has 1 aromatic heterocycles. The quantitative estimate of drug-likeness (QED) is 0.245. The SMILES string of the molecule is COc1cc([N+](=O)[O-])ccc1-c1ccc(/C=C2/C(=O)NC(=O)N(c3ccc(C)c(Cl)c3)C2=O)o1. The van der Waals surface area contributed by atoms with Crippen molar-refractivity contribution in [3.05, 3.63) is 80.6 Å². The van der Waals surface area contributed by atoms with Gasteiger partial charge in [0.15, 0.2) is 0 Å². The molecule has 1 fully saturated rings. The van der Waals surface area contributed by atoms with Crippen LogP contribution in [0.3, 0.4) is 0 Å². The molecule has 1 aliphatic heterocycles. The van der Waals surface area contributed by atoms with Crippen molar-refractivity contribution in [2.24, 2.45) is 0 Å². The number of furan rings is 1. The number of benzene rings is 2. The number of nitrogens with zero attached hydrogens (tertiary/aromatic N) is 2. The lowest BCUT2D eigenvalue weighted by Crippen LogP contribution is -2.54. The largest absolute Gasteiger partial charge is 0.496 e. The van der Waals surface area contributed by atoms with Crippen LogP contribution < -0.4 is 15.0 Å². The van der Waals surface area contributed by atoms with Crippen LogP contribution in [0.4, 0.5) is 16.2 Å². The summed E-state index contributed by atoms with van der Waals surface area (Å²) in [7, 11) is 1.36. The number of carbonyl (C=O) groups excluding carboxylic acids is 3. The number of rotatable bonds is 5. The fraction of sp³-hybridized carbons (Fsp3) is 0.0870. The number of nitrogens with one attached hydrogen (secondary N) is 1. The van der Waals surface area contributed by atoms with Crippen molar-refractivity contribution in [1.29, 1.82) is 0 Å². The zero-order valence-electron chi connectivity index (χ0n) is 17.8. The van der Waals surface area contributed by atoms with E-state index < -0.39 is 22.8 Å². The fourth-order valence-corrected chi connectivity index (χ4v) is 3.50. The van der Waals surface area contributed by atoms with Gasteiger partial charge in [0.25, 0.3) is 17.5 Å². The van der Waals surface area contributed by atoms with Crippen molar-refractivity contribution >= 4 is 46.9 Å². The third-order valence-electron chi connectivity index (χ3n) is 5.09. The Kier molecular flexibility index (Phi) is 5.91. The molecule has 0 spiro atoms. The van der Waals surface area contributed by atoms with Crippen LogP contribution in [0, 0.1) is 17.0 Å². The number of imide groups is 2. The van der Waals surface area contributed by atoms with Gasteiger partial charge in [-0.2, -0.15) is 0 Å². The van der Waals surface area contributed by atoms with E-state index in [0.717, 1.165) is 10.5 Å². The number of hydrogen-bond acceptors (Lipinski definition) is 7. The maximum absolute atomic E-state index is 13.0. The van der Waals surface area contributed by atoms with Gasteiger partial charge in [-0.3, -0.25) is 25.0 Å². The van der Waals surface area contributed by atoms with E-state index in [1.807, 2.05) is 0 Å². The molecule has 1 N–H and O–H groups in total. The molecule has 0 saturated carbocycles. The Morgan fingerprint density at radius 3 is 2.56 bits per heavy atom. The smallest absolute Gasteiger partial charge is 0.335 e. The van der Waals surface area contributed by atoms with Crippen molar-refractivity contribution in [1.82, 2.24) is 5.32 Å². The molecule has 2 aromatic carbocycles. The van der Waals surface area contributed by atoms with Gasteiger partial charge in [0.1, 0.15) is 22.8 Å². The lowest BCUT2D eigenvalue weighted by atomic mass is 10.1. The van der Waals surface area contributed by atoms with Crippen LogP contribution in [0.5, 0.6) is 5.75 Å². The average Bonchev–Trinajstić information content (AvgIpc) is 3.26. The van der Waals surface area contributed by atoms with Crippen LogP contribution in [0.2, 0.25) is 5.02 Å². The predicted molar refractivity (Wildman–Crippen MR) is 123 cm³/mol. The molecule has 0 aliphatic carbocycles. The lowest BCUT2D eigenvalue weighted by Gasteiger charge is -2.26. The lowest BCUT2D eigenvalue weighted by molar-refractivity contribution is -0.384. The number of anilines is 1. The highest BCUT2D eigenvalue weighted by Gasteiger charge is 2.37. The van der Waals surface area contributed by atoms with Gasteiger partial charge in [-0.1, -0.05) is 17.7 Å². The number of carbonyl (C=O) groups is 3. The Balaban J connectivity index is 1.68. The van der Waals surface area contributed by atoms with Crippen LogP contribution in [0.15, 0.2) is 58.5 Å². The molecule has 0 bridgehead atoms. The minimum atomic E-state index is -0.900. The average molecular weight is 482 g/mol. The highest BCUT2D eigenvalue weighted by molar-refractivity contribution is 6.39. The zero-order valence-corrected chi connectivity index (χ0v) is 18.6. The van der Waals surface area contributed by atoms with E-state index in [-0.39, 0.29) is 28.5 Å². The van der Waals surface area contributed by atoms with Gasteiger partial charge in [-0.05, 0) is 48.9 Å². The summed E-state index contributed by atoms with van der Waals surface area (Å²) in [4.78, 5) is 49.1. The summed E-state index contributed by atoms with van der Waals surface area (Å²) in [5, 5.41) is 13.5. The Hall–Kier alpha value is -4.44. The molecule has 1 saturated heterocycles. The molecule has 0 unspecified atom stereocenters. The Morgan fingerprint density at radius 2 is 1.88 bits per heavy atom. The molecule has 2 heterocycles. The second kappa shape index (κ2) is 8.83. The first-order valence-corrected chi connectivity index (χ1v) is 10.2. The molecule has 0 atom stereocenters. The van der Waals surface area contributed by atoms with Crippen LogP contribution in [0.1, 0.15) is 11.3 Å². The molecule has 10 nitrogen and oxygen atoms in total. The zero-order chi connectivity index (χ0) is 24.6. The Labute approximate surface area is 197 Å². The predicted octanol–water partition coefficient (Wildman–Crippen LogP) is 4.49. The number of aryl methyl sites for hydroxylation is 1. The van der Waals surface area contributed by atoms with Crippen LogP contribution >= 0.6 is 11.6 Å². The van der Waals surface area contributed by atoms with Crippen molar-refractivity contribution in [3.63, 3.8) is 0 Å². The summed E-state index contributed by atoms with van der Waals surface area (Å²) >= 11 is 6.12. The number of hydrogen-bond donors (Lipinski definition) is 1. The Morgan fingerprint density at radius 1 is 1.12 bits per heavy atom. The summed E-state index contributed by atoms with van der Waals surface area (Å²) in [5.74, 6) is -1.08. The van der Waals surface area contributed by atoms with Gasteiger partial charge < -0.3 is 9.15 Å². The minimum Gasteiger partial charge on any atom is -0.496 e. The number of urea groups is 1. The number of ether oxygens (including phenoxy) is 1. The topological polar surface area (TPSA) is 132 Å². The van der Waals surface area contributed by atoms with E-state index in [4.69, 9.17) is 20.8 Å². The van der Waals surface area contributed by atoms with Gasteiger partial charge in [-0.25, -0.2) is 9.69 Å². The van der Waals surface area contributed by atoms with Gasteiger partial charge in [-0.15, -0.1) is 0 Å². The van der Waals surface area contributed by atoms with Gasteiger partial charge in [0, 0.05) is 11.1 Å². The van der Waals surface area contributed by atoms with E-state index in [1.165, 1.54) is 49.6 Å². The minimum absolute atomic E-state index is 0.144. The molecule has 0 radical (unpaired) electrons. The van der Waals surface area contributed by atoms with E-state index >= 15 is 0 Å². The van der Waals surface area contributed by atoms with E-state index in [1.54, 1.807) is 19.1 Å². The molecule has 1 aliphatic rings. The first-order valence-electron chi connectivity index (χ1n) is 9.80. The standard InChI is InChI=1S/C23H16ClN3O7/c1-12-3-4-13(9-18(12)24)26-22(29)17(21(28)25-23(26)30)11-15-6-8-19(34-15)16-7-5-14(27(31)32)10-20(16)33-2/h3-11H,1-2H3,(H,25,28,30)/b17-11-. The number of nitro benzene ring substituents is 1. The van der Waals surface area contributed by atoms with Crippen molar-refractivity contribution in [2.75, 3.05) is 12.0 Å². The number of halogens is 1.